The monoisotopic (exact) mass is 310 g/mol. The summed E-state index contributed by atoms with van der Waals surface area (Å²) in [5, 5.41) is 0. The van der Waals surface area contributed by atoms with Crippen LogP contribution in [0.5, 0.6) is 0 Å². The minimum atomic E-state index is -0.114. The highest BCUT2D eigenvalue weighted by Gasteiger charge is 2.27. The molecule has 2 aliphatic rings. The van der Waals surface area contributed by atoms with E-state index >= 15 is 0 Å². The molecule has 0 aliphatic heterocycles. The second kappa shape index (κ2) is 8.54. The molecule has 2 fully saturated rings. The summed E-state index contributed by atoms with van der Waals surface area (Å²) in [4.78, 5) is 23.5. The van der Waals surface area contributed by atoms with Gasteiger partial charge in [-0.3, -0.25) is 9.59 Å². The Labute approximate surface area is 133 Å². The Hall–Kier alpha value is -1.06. The van der Waals surface area contributed by atoms with Crippen LogP contribution in [0.25, 0.3) is 0 Å². The van der Waals surface area contributed by atoms with Crippen molar-refractivity contribution in [3.8, 4) is 0 Å². The van der Waals surface area contributed by atoms with Gasteiger partial charge in [0.25, 0.3) is 0 Å². The largest absolute Gasteiger partial charge is 0.462 e. The average Bonchev–Trinajstić information content (AvgIpc) is 3.05. The molecule has 0 radical (unpaired) electrons. The Kier molecular flexibility index (Phi) is 6.71. The second-order valence-corrected chi connectivity index (χ2v) is 7.08. The third-order valence-corrected chi connectivity index (χ3v) is 5.14. The molecule has 0 amide bonds. The molecule has 4 nitrogen and oxygen atoms in total. The van der Waals surface area contributed by atoms with Crippen molar-refractivity contribution in [1.29, 1.82) is 0 Å². The molecule has 0 aromatic carbocycles. The third kappa shape index (κ3) is 5.29. The van der Waals surface area contributed by atoms with E-state index in [1.165, 1.54) is 0 Å². The SMILES string of the molecule is CC1CCCC1OC(=O)CCCCC(=O)OC1CCCC1C. The minimum absolute atomic E-state index is 0.112. The van der Waals surface area contributed by atoms with Crippen LogP contribution in [0.2, 0.25) is 0 Å². The Morgan fingerprint density at radius 1 is 0.773 bits per heavy atom. The Bertz CT molecular complexity index is 343. The summed E-state index contributed by atoms with van der Waals surface area (Å²) < 4.78 is 11.0. The number of esters is 2. The lowest BCUT2D eigenvalue weighted by Gasteiger charge is -2.17. The smallest absolute Gasteiger partial charge is 0.306 e. The molecule has 2 rings (SSSR count). The van der Waals surface area contributed by atoms with Crippen LogP contribution in [-0.4, -0.2) is 24.1 Å². The molecule has 0 N–H and O–H groups in total. The fraction of sp³-hybridized carbons (Fsp3) is 0.889. The van der Waals surface area contributed by atoms with Crippen molar-refractivity contribution in [3.05, 3.63) is 0 Å². The van der Waals surface area contributed by atoms with E-state index in [9.17, 15) is 9.59 Å². The number of rotatable bonds is 7. The van der Waals surface area contributed by atoms with Gasteiger partial charge < -0.3 is 9.47 Å². The van der Waals surface area contributed by atoms with E-state index in [0.717, 1.165) is 38.5 Å². The van der Waals surface area contributed by atoms with Gasteiger partial charge in [-0.05, 0) is 63.2 Å². The number of hydrogen-bond donors (Lipinski definition) is 0. The first-order valence-electron chi connectivity index (χ1n) is 8.95. The van der Waals surface area contributed by atoms with Crippen molar-refractivity contribution in [2.75, 3.05) is 0 Å². The highest BCUT2D eigenvalue weighted by molar-refractivity contribution is 5.70. The first-order chi connectivity index (χ1) is 10.6. The molecule has 0 aromatic heterocycles. The lowest BCUT2D eigenvalue weighted by atomic mass is 10.1. The predicted octanol–water partition coefficient (Wildman–Crippen LogP) is 4.01. The normalized spacial score (nSPS) is 31.2. The van der Waals surface area contributed by atoms with E-state index in [4.69, 9.17) is 9.47 Å². The molecule has 4 heteroatoms. The van der Waals surface area contributed by atoms with Crippen LogP contribution in [0, 0.1) is 11.8 Å². The van der Waals surface area contributed by atoms with Gasteiger partial charge in [-0.1, -0.05) is 13.8 Å². The number of hydrogen-bond acceptors (Lipinski definition) is 4. The van der Waals surface area contributed by atoms with Gasteiger partial charge in [0, 0.05) is 12.8 Å². The van der Waals surface area contributed by atoms with Gasteiger partial charge in [-0.25, -0.2) is 0 Å². The van der Waals surface area contributed by atoms with Crippen molar-refractivity contribution >= 4 is 11.9 Å². The van der Waals surface area contributed by atoms with Gasteiger partial charge in [0.05, 0.1) is 0 Å². The Balaban J connectivity index is 1.52. The summed E-state index contributed by atoms with van der Waals surface area (Å²) in [7, 11) is 0. The van der Waals surface area contributed by atoms with Crippen molar-refractivity contribution in [2.24, 2.45) is 11.8 Å². The van der Waals surface area contributed by atoms with E-state index in [0.29, 0.717) is 37.5 Å². The number of unbranched alkanes of at least 4 members (excludes halogenated alkanes) is 1. The summed E-state index contributed by atoms with van der Waals surface area (Å²) >= 11 is 0. The van der Waals surface area contributed by atoms with Gasteiger partial charge in [0.1, 0.15) is 12.2 Å². The zero-order chi connectivity index (χ0) is 15.9. The van der Waals surface area contributed by atoms with E-state index in [1.807, 2.05) is 0 Å². The fourth-order valence-electron chi connectivity index (χ4n) is 3.57. The summed E-state index contributed by atoms with van der Waals surface area (Å²) in [5.74, 6) is 0.757. The maximum atomic E-state index is 11.8. The summed E-state index contributed by atoms with van der Waals surface area (Å²) in [6.07, 6.45) is 9.08. The van der Waals surface area contributed by atoms with Crippen LogP contribution in [0.1, 0.15) is 78.1 Å². The average molecular weight is 310 g/mol. The highest BCUT2D eigenvalue weighted by atomic mass is 16.5. The molecular formula is C18H30O4. The Morgan fingerprint density at radius 2 is 1.18 bits per heavy atom. The van der Waals surface area contributed by atoms with Crippen LogP contribution in [-0.2, 0) is 19.1 Å². The molecule has 0 bridgehead atoms. The van der Waals surface area contributed by atoms with Crippen LogP contribution < -0.4 is 0 Å². The molecule has 0 heterocycles. The summed E-state index contributed by atoms with van der Waals surface area (Å²) in [6.45, 7) is 4.29. The van der Waals surface area contributed by atoms with Crippen molar-refractivity contribution in [3.63, 3.8) is 0 Å². The molecule has 2 saturated carbocycles. The van der Waals surface area contributed by atoms with E-state index in [1.54, 1.807) is 0 Å². The summed E-state index contributed by atoms with van der Waals surface area (Å²) in [6, 6.07) is 0. The molecule has 2 aliphatic carbocycles. The molecule has 0 spiro atoms. The molecule has 4 unspecified atom stereocenters. The molecule has 0 saturated heterocycles. The first-order valence-corrected chi connectivity index (χ1v) is 8.95. The van der Waals surface area contributed by atoms with Gasteiger partial charge in [-0.2, -0.15) is 0 Å². The Morgan fingerprint density at radius 3 is 1.50 bits per heavy atom. The maximum absolute atomic E-state index is 11.8. The molecule has 126 valence electrons. The standard InChI is InChI=1S/C18H30O4/c1-13-7-5-9-15(13)21-17(19)11-3-4-12-18(20)22-16-10-6-8-14(16)2/h13-16H,3-12H2,1-2H3. The van der Waals surface area contributed by atoms with Crippen LogP contribution in [0.3, 0.4) is 0 Å². The molecular weight excluding hydrogens is 280 g/mol. The van der Waals surface area contributed by atoms with E-state index in [-0.39, 0.29) is 24.1 Å². The molecule has 4 atom stereocenters. The quantitative estimate of drug-likeness (QED) is 0.526. The molecule has 0 aromatic rings. The number of carbonyl (C=O) groups excluding carboxylic acids is 2. The maximum Gasteiger partial charge on any atom is 0.306 e. The first kappa shape index (κ1) is 17.3. The lowest BCUT2D eigenvalue weighted by Crippen LogP contribution is -2.21. The zero-order valence-electron chi connectivity index (χ0n) is 14.0. The van der Waals surface area contributed by atoms with E-state index in [2.05, 4.69) is 13.8 Å². The van der Waals surface area contributed by atoms with Gasteiger partial charge in [-0.15, -0.1) is 0 Å². The third-order valence-electron chi connectivity index (χ3n) is 5.14. The van der Waals surface area contributed by atoms with Crippen molar-refractivity contribution in [1.82, 2.24) is 0 Å². The van der Waals surface area contributed by atoms with Gasteiger partial charge in [0.15, 0.2) is 0 Å². The second-order valence-electron chi connectivity index (χ2n) is 7.08. The lowest BCUT2D eigenvalue weighted by molar-refractivity contribution is -0.152. The predicted molar refractivity (Wildman–Crippen MR) is 84.3 cm³/mol. The van der Waals surface area contributed by atoms with Crippen LogP contribution in [0.4, 0.5) is 0 Å². The number of carbonyl (C=O) groups is 2. The van der Waals surface area contributed by atoms with Gasteiger partial charge >= 0.3 is 11.9 Å². The van der Waals surface area contributed by atoms with Crippen molar-refractivity contribution < 1.29 is 19.1 Å². The van der Waals surface area contributed by atoms with Crippen LogP contribution in [0.15, 0.2) is 0 Å². The van der Waals surface area contributed by atoms with E-state index < -0.39 is 0 Å². The zero-order valence-corrected chi connectivity index (χ0v) is 14.0. The van der Waals surface area contributed by atoms with Crippen LogP contribution >= 0.6 is 0 Å². The van der Waals surface area contributed by atoms with Crippen molar-refractivity contribution in [2.45, 2.75) is 90.3 Å². The molecule has 22 heavy (non-hydrogen) atoms. The topological polar surface area (TPSA) is 52.6 Å². The fourth-order valence-corrected chi connectivity index (χ4v) is 3.57. The number of ether oxygens (including phenoxy) is 2. The highest BCUT2D eigenvalue weighted by Crippen LogP contribution is 2.29. The minimum Gasteiger partial charge on any atom is -0.462 e. The summed E-state index contributed by atoms with van der Waals surface area (Å²) in [5.41, 5.74) is 0. The van der Waals surface area contributed by atoms with Gasteiger partial charge in [0.2, 0.25) is 0 Å².